The first-order valence-electron chi connectivity index (χ1n) is 10.9. The summed E-state index contributed by atoms with van der Waals surface area (Å²) >= 11 is 0. The fourth-order valence-corrected chi connectivity index (χ4v) is 3.74. The Bertz CT molecular complexity index is 1090. The molecule has 2 aromatic carbocycles. The Morgan fingerprint density at radius 2 is 1.74 bits per heavy atom. The summed E-state index contributed by atoms with van der Waals surface area (Å²) in [6.07, 6.45) is -2.88. The fourth-order valence-electron chi connectivity index (χ4n) is 3.74. The molecule has 1 fully saturated rings. The van der Waals surface area contributed by atoms with E-state index in [4.69, 9.17) is 0 Å². The van der Waals surface area contributed by atoms with Crippen LogP contribution in [0.5, 0.6) is 5.75 Å². The van der Waals surface area contributed by atoms with Crippen molar-refractivity contribution >= 4 is 17.3 Å². The average Bonchev–Trinajstić information content (AvgIpc) is 2.81. The maximum Gasteiger partial charge on any atom is 0.573 e. The number of halogens is 3. The number of hydrogen-bond acceptors (Lipinski definition) is 6. The standard InChI is InChI=1S/C24H26F3N5O2/c1-30-10-12-32(13-11-30)23(33)18-5-3-4-17(14-18)21-15-22(31(2)16-28-21)29-19-6-8-20(9-7-19)34-24(25,26)27/h3-9,14-15,29H,10-13,16H2,1-2H3. The van der Waals surface area contributed by atoms with E-state index in [1.165, 1.54) is 24.3 Å². The van der Waals surface area contributed by atoms with Crippen LogP contribution < -0.4 is 10.1 Å². The molecule has 1 amide bonds. The van der Waals surface area contributed by atoms with Crippen LogP contribution in [-0.4, -0.2) is 79.6 Å². The second kappa shape index (κ2) is 9.76. The van der Waals surface area contributed by atoms with Gasteiger partial charge < -0.3 is 24.8 Å². The Balaban J connectivity index is 1.48. The molecule has 4 rings (SSSR count). The zero-order valence-corrected chi connectivity index (χ0v) is 19.0. The third-order valence-electron chi connectivity index (χ3n) is 5.69. The summed E-state index contributed by atoms with van der Waals surface area (Å²) in [5, 5.41) is 3.20. The molecule has 34 heavy (non-hydrogen) atoms. The number of alkyl halides is 3. The minimum absolute atomic E-state index is 0.00645. The molecule has 0 radical (unpaired) electrons. The van der Waals surface area contributed by atoms with E-state index in [1.54, 1.807) is 0 Å². The Morgan fingerprint density at radius 3 is 2.41 bits per heavy atom. The highest BCUT2D eigenvalue weighted by molar-refractivity contribution is 6.10. The third kappa shape index (κ3) is 5.88. The molecule has 1 N–H and O–H groups in total. The molecule has 0 unspecified atom stereocenters. The van der Waals surface area contributed by atoms with Crippen LogP contribution in [0, 0.1) is 0 Å². The van der Waals surface area contributed by atoms with Crippen LogP contribution in [-0.2, 0) is 0 Å². The number of nitrogens with one attached hydrogen (secondary N) is 1. The van der Waals surface area contributed by atoms with Gasteiger partial charge in [0, 0.05) is 56.1 Å². The van der Waals surface area contributed by atoms with Gasteiger partial charge in [0.25, 0.3) is 5.91 Å². The van der Waals surface area contributed by atoms with Gasteiger partial charge in [0.1, 0.15) is 18.2 Å². The molecular weight excluding hydrogens is 447 g/mol. The minimum atomic E-state index is -4.73. The number of carbonyl (C=O) groups is 1. The van der Waals surface area contributed by atoms with Crippen molar-refractivity contribution in [3.05, 3.63) is 71.6 Å². The average molecular weight is 473 g/mol. The highest BCUT2D eigenvalue weighted by Gasteiger charge is 2.31. The molecule has 0 aromatic heterocycles. The molecular formula is C24H26F3N5O2. The topological polar surface area (TPSA) is 60.4 Å². The summed E-state index contributed by atoms with van der Waals surface area (Å²) in [6.45, 7) is 3.50. The Kier molecular flexibility index (Phi) is 6.78. The number of aliphatic imine (C=N–C) groups is 1. The predicted molar refractivity (Wildman–Crippen MR) is 124 cm³/mol. The fraction of sp³-hybridized carbons (Fsp3) is 0.333. The Labute approximate surface area is 196 Å². The minimum Gasteiger partial charge on any atom is -0.406 e. The summed E-state index contributed by atoms with van der Waals surface area (Å²) < 4.78 is 41.0. The zero-order chi connectivity index (χ0) is 24.3. The van der Waals surface area contributed by atoms with Gasteiger partial charge in [-0.05, 0) is 43.4 Å². The van der Waals surface area contributed by atoms with Crippen molar-refractivity contribution in [1.29, 1.82) is 0 Å². The maximum atomic E-state index is 13.0. The van der Waals surface area contributed by atoms with Crippen molar-refractivity contribution in [2.45, 2.75) is 6.36 Å². The lowest BCUT2D eigenvalue weighted by molar-refractivity contribution is -0.274. The van der Waals surface area contributed by atoms with Crippen LogP contribution in [0.15, 0.2) is 65.4 Å². The third-order valence-corrected chi connectivity index (χ3v) is 5.69. The van der Waals surface area contributed by atoms with Crippen molar-refractivity contribution in [2.75, 3.05) is 52.3 Å². The number of likely N-dealkylation sites (N-methyl/N-ethyl adjacent to an activating group) is 1. The van der Waals surface area contributed by atoms with Crippen molar-refractivity contribution < 1.29 is 22.7 Å². The molecule has 180 valence electrons. The van der Waals surface area contributed by atoms with Gasteiger partial charge in [-0.15, -0.1) is 13.2 Å². The molecule has 2 heterocycles. The molecule has 0 saturated carbocycles. The second-order valence-corrected chi connectivity index (χ2v) is 8.29. The molecule has 2 aliphatic heterocycles. The number of anilines is 1. The quantitative estimate of drug-likeness (QED) is 0.719. The number of allylic oxidation sites excluding steroid dienone is 1. The highest BCUT2D eigenvalue weighted by Crippen LogP contribution is 2.25. The summed E-state index contributed by atoms with van der Waals surface area (Å²) in [5.41, 5.74) is 2.76. The predicted octanol–water partition coefficient (Wildman–Crippen LogP) is 3.62. The van der Waals surface area contributed by atoms with Gasteiger partial charge in [0.2, 0.25) is 0 Å². The second-order valence-electron chi connectivity index (χ2n) is 8.29. The van der Waals surface area contributed by atoms with E-state index >= 15 is 0 Å². The number of rotatable bonds is 5. The molecule has 7 nitrogen and oxygen atoms in total. The van der Waals surface area contributed by atoms with Gasteiger partial charge in [-0.1, -0.05) is 12.1 Å². The number of piperazine rings is 1. The van der Waals surface area contributed by atoms with E-state index < -0.39 is 6.36 Å². The summed E-state index contributed by atoms with van der Waals surface area (Å²) in [5.74, 6) is 0.449. The van der Waals surface area contributed by atoms with Crippen LogP contribution in [0.2, 0.25) is 0 Å². The zero-order valence-electron chi connectivity index (χ0n) is 19.0. The van der Waals surface area contributed by atoms with E-state index in [2.05, 4.69) is 19.9 Å². The lowest BCUT2D eigenvalue weighted by atomic mass is 10.0. The lowest BCUT2D eigenvalue weighted by Crippen LogP contribution is -2.47. The van der Waals surface area contributed by atoms with Gasteiger partial charge >= 0.3 is 6.36 Å². The number of carbonyl (C=O) groups excluding carboxylic acids is 1. The largest absolute Gasteiger partial charge is 0.573 e. The van der Waals surface area contributed by atoms with Gasteiger partial charge in [-0.2, -0.15) is 0 Å². The van der Waals surface area contributed by atoms with Crippen LogP contribution in [0.25, 0.3) is 0 Å². The van der Waals surface area contributed by atoms with Gasteiger partial charge in [0.05, 0.1) is 5.71 Å². The summed E-state index contributed by atoms with van der Waals surface area (Å²) in [6, 6.07) is 12.9. The van der Waals surface area contributed by atoms with Crippen molar-refractivity contribution in [3.63, 3.8) is 0 Å². The number of nitrogens with zero attached hydrogens (tertiary/aromatic N) is 4. The number of ether oxygens (including phenoxy) is 1. The maximum absolute atomic E-state index is 13.0. The number of hydrogen-bond donors (Lipinski definition) is 1. The lowest BCUT2D eigenvalue weighted by Gasteiger charge is -2.32. The van der Waals surface area contributed by atoms with Gasteiger partial charge in [-0.3, -0.25) is 9.79 Å². The van der Waals surface area contributed by atoms with Crippen LogP contribution >= 0.6 is 0 Å². The molecule has 2 aliphatic rings. The van der Waals surface area contributed by atoms with Crippen molar-refractivity contribution in [2.24, 2.45) is 4.99 Å². The van der Waals surface area contributed by atoms with Crippen LogP contribution in [0.4, 0.5) is 18.9 Å². The van der Waals surface area contributed by atoms with Crippen molar-refractivity contribution in [3.8, 4) is 5.75 Å². The molecule has 2 aromatic rings. The molecule has 0 atom stereocenters. The smallest absolute Gasteiger partial charge is 0.406 e. The van der Waals surface area contributed by atoms with E-state index in [0.717, 1.165) is 24.5 Å². The molecule has 0 aliphatic carbocycles. The van der Waals surface area contributed by atoms with Gasteiger partial charge in [-0.25, -0.2) is 0 Å². The van der Waals surface area contributed by atoms with Crippen LogP contribution in [0.1, 0.15) is 15.9 Å². The van der Waals surface area contributed by atoms with Crippen LogP contribution in [0.3, 0.4) is 0 Å². The van der Waals surface area contributed by atoms with Gasteiger partial charge in [0.15, 0.2) is 0 Å². The van der Waals surface area contributed by atoms with Crippen molar-refractivity contribution in [1.82, 2.24) is 14.7 Å². The number of amides is 1. The first kappa shape index (κ1) is 23.6. The normalized spacial score (nSPS) is 17.2. The molecule has 10 heteroatoms. The SMILES string of the molecule is CN1CCN(C(=O)c2cccc(C3=NCN(C)C(Nc4ccc(OC(F)(F)F)cc4)=C3)c2)CC1. The number of benzene rings is 2. The summed E-state index contributed by atoms with van der Waals surface area (Å²) in [7, 11) is 3.90. The first-order chi connectivity index (χ1) is 16.2. The van der Waals surface area contributed by atoms with E-state index in [1.807, 2.05) is 54.2 Å². The molecule has 0 spiro atoms. The van der Waals surface area contributed by atoms with E-state index in [-0.39, 0.29) is 11.7 Å². The van der Waals surface area contributed by atoms with E-state index in [0.29, 0.717) is 36.7 Å². The Morgan fingerprint density at radius 1 is 1.03 bits per heavy atom. The molecule has 0 bridgehead atoms. The monoisotopic (exact) mass is 473 g/mol. The molecule has 1 saturated heterocycles. The Hall–Kier alpha value is -3.53. The van der Waals surface area contributed by atoms with E-state index in [9.17, 15) is 18.0 Å². The summed E-state index contributed by atoms with van der Waals surface area (Å²) in [4.78, 5) is 23.5. The first-order valence-corrected chi connectivity index (χ1v) is 10.9. The highest BCUT2D eigenvalue weighted by atomic mass is 19.4.